The Kier molecular flexibility index (Phi) is 3.46. The molecule has 7 heteroatoms. The Morgan fingerprint density at radius 1 is 1.16 bits per heavy atom. The summed E-state index contributed by atoms with van der Waals surface area (Å²) in [7, 11) is 0. The van der Waals surface area contributed by atoms with Crippen LogP contribution in [0, 0.1) is 6.92 Å². The number of hydrogen-bond donors (Lipinski definition) is 3. The van der Waals surface area contributed by atoms with E-state index in [9.17, 15) is 9.90 Å². The summed E-state index contributed by atoms with van der Waals surface area (Å²) in [6.45, 7) is 1.80. The first-order valence-corrected chi connectivity index (χ1v) is 7.71. The van der Waals surface area contributed by atoms with Gasteiger partial charge in [-0.05, 0) is 43.3 Å². The molecule has 0 aliphatic heterocycles. The standard InChI is InChI=1S/C18H15N5O2/c1-11-14(10-19-12-6-8-13(24)9-7-12)17(25)23(22-11)18-20-15-4-2-3-5-16(15)21-18/h2-10,22,24H,1H3,(H,20,21). The quantitative estimate of drug-likeness (QED) is 0.503. The van der Waals surface area contributed by atoms with Crippen molar-refractivity contribution in [1.29, 1.82) is 0 Å². The van der Waals surface area contributed by atoms with E-state index in [1.807, 2.05) is 24.3 Å². The number of hydrogen-bond acceptors (Lipinski definition) is 4. The average Bonchev–Trinajstić information content (AvgIpc) is 3.16. The minimum absolute atomic E-state index is 0.170. The van der Waals surface area contributed by atoms with Crippen LogP contribution < -0.4 is 5.56 Å². The number of phenolic OH excluding ortho intramolecular Hbond substituents is 1. The van der Waals surface area contributed by atoms with Crippen molar-refractivity contribution < 1.29 is 5.11 Å². The molecule has 0 aliphatic rings. The summed E-state index contributed by atoms with van der Waals surface area (Å²) in [5, 5.41) is 12.3. The van der Waals surface area contributed by atoms with Gasteiger partial charge in [0, 0.05) is 11.9 Å². The van der Waals surface area contributed by atoms with E-state index in [0.717, 1.165) is 11.0 Å². The number of para-hydroxylation sites is 2. The van der Waals surface area contributed by atoms with Crippen molar-refractivity contribution in [2.45, 2.75) is 6.92 Å². The summed E-state index contributed by atoms with van der Waals surface area (Å²) >= 11 is 0. The lowest BCUT2D eigenvalue weighted by Crippen LogP contribution is -2.18. The highest BCUT2D eigenvalue weighted by atomic mass is 16.3. The van der Waals surface area contributed by atoms with Gasteiger partial charge >= 0.3 is 0 Å². The first-order valence-electron chi connectivity index (χ1n) is 7.71. The molecule has 0 bridgehead atoms. The van der Waals surface area contributed by atoms with Crippen molar-refractivity contribution in [1.82, 2.24) is 19.7 Å². The van der Waals surface area contributed by atoms with Gasteiger partial charge in [0.15, 0.2) is 0 Å². The molecule has 0 unspecified atom stereocenters. The van der Waals surface area contributed by atoms with Crippen LogP contribution in [0.15, 0.2) is 58.3 Å². The summed E-state index contributed by atoms with van der Waals surface area (Å²) < 4.78 is 1.37. The predicted octanol–water partition coefficient (Wildman–Crippen LogP) is 2.81. The van der Waals surface area contributed by atoms with Crippen molar-refractivity contribution >= 4 is 22.9 Å². The Hall–Kier alpha value is -3.61. The van der Waals surface area contributed by atoms with E-state index < -0.39 is 0 Å². The number of nitrogens with zero attached hydrogens (tertiary/aromatic N) is 3. The number of fused-ring (bicyclic) bond motifs is 1. The zero-order chi connectivity index (χ0) is 17.4. The van der Waals surface area contributed by atoms with E-state index in [4.69, 9.17) is 0 Å². The van der Waals surface area contributed by atoms with Crippen LogP contribution in [0.2, 0.25) is 0 Å². The van der Waals surface area contributed by atoms with Gasteiger partial charge in [0.25, 0.3) is 5.56 Å². The summed E-state index contributed by atoms with van der Waals surface area (Å²) in [6, 6.07) is 14.0. The molecule has 0 amide bonds. The highest BCUT2D eigenvalue weighted by Gasteiger charge is 2.13. The van der Waals surface area contributed by atoms with E-state index in [1.54, 1.807) is 31.2 Å². The predicted molar refractivity (Wildman–Crippen MR) is 96.1 cm³/mol. The highest BCUT2D eigenvalue weighted by Crippen LogP contribution is 2.17. The molecule has 0 spiro atoms. The van der Waals surface area contributed by atoms with E-state index in [2.05, 4.69) is 20.1 Å². The molecular formula is C18H15N5O2. The molecule has 2 heterocycles. The molecule has 2 aromatic heterocycles. The fourth-order valence-corrected chi connectivity index (χ4v) is 2.58. The molecule has 0 atom stereocenters. The number of phenols is 1. The molecule has 0 radical (unpaired) electrons. The normalized spacial score (nSPS) is 11.6. The fourth-order valence-electron chi connectivity index (χ4n) is 2.58. The topological polar surface area (TPSA) is 99.1 Å². The molecule has 3 N–H and O–H groups in total. The summed E-state index contributed by atoms with van der Waals surface area (Å²) in [5.41, 5.74) is 3.20. The van der Waals surface area contributed by atoms with E-state index >= 15 is 0 Å². The molecule has 4 aromatic rings. The van der Waals surface area contributed by atoms with Crippen molar-refractivity contribution in [3.05, 3.63) is 70.1 Å². The third-order valence-corrected chi connectivity index (χ3v) is 3.90. The Balaban J connectivity index is 1.73. The van der Waals surface area contributed by atoms with E-state index in [-0.39, 0.29) is 11.3 Å². The van der Waals surface area contributed by atoms with Crippen LogP contribution in [0.1, 0.15) is 11.3 Å². The molecule has 0 fully saturated rings. The number of aromatic nitrogens is 4. The minimum Gasteiger partial charge on any atom is -0.508 e. The maximum Gasteiger partial charge on any atom is 0.282 e. The fraction of sp³-hybridized carbons (Fsp3) is 0.0556. The maximum atomic E-state index is 12.7. The summed E-state index contributed by atoms with van der Waals surface area (Å²) in [4.78, 5) is 24.5. The van der Waals surface area contributed by atoms with Crippen LogP contribution in [0.25, 0.3) is 17.0 Å². The van der Waals surface area contributed by atoms with Crippen LogP contribution in [-0.4, -0.2) is 31.1 Å². The number of aliphatic imine (C=N–C) groups is 1. The van der Waals surface area contributed by atoms with Gasteiger partial charge in [0.05, 0.1) is 22.3 Å². The second kappa shape index (κ2) is 5.79. The largest absolute Gasteiger partial charge is 0.508 e. The number of H-pyrrole nitrogens is 2. The molecule has 0 saturated carbocycles. The van der Waals surface area contributed by atoms with Crippen LogP contribution in [0.3, 0.4) is 0 Å². The molecule has 7 nitrogen and oxygen atoms in total. The molecule has 2 aromatic carbocycles. The SMILES string of the molecule is Cc1[nH]n(-c2nc3ccccc3[nH]2)c(=O)c1C=Nc1ccc(O)cc1. The Morgan fingerprint density at radius 3 is 2.68 bits per heavy atom. The number of nitrogens with one attached hydrogen (secondary N) is 2. The minimum atomic E-state index is -0.237. The van der Waals surface area contributed by atoms with Gasteiger partial charge in [0.2, 0.25) is 5.95 Å². The first-order chi connectivity index (χ1) is 12.1. The Morgan fingerprint density at radius 2 is 1.92 bits per heavy atom. The van der Waals surface area contributed by atoms with Crippen LogP contribution in [0.5, 0.6) is 5.75 Å². The van der Waals surface area contributed by atoms with Gasteiger partial charge in [-0.3, -0.25) is 14.9 Å². The number of aryl methyl sites for hydroxylation is 1. The van der Waals surface area contributed by atoms with E-state index in [0.29, 0.717) is 22.9 Å². The third-order valence-electron chi connectivity index (χ3n) is 3.90. The number of imidazole rings is 1. The summed E-state index contributed by atoms with van der Waals surface area (Å²) in [6.07, 6.45) is 1.51. The number of benzene rings is 2. The lowest BCUT2D eigenvalue weighted by molar-refractivity contribution is 0.475. The van der Waals surface area contributed by atoms with Crippen LogP contribution >= 0.6 is 0 Å². The van der Waals surface area contributed by atoms with Crippen LogP contribution in [0.4, 0.5) is 5.69 Å². The van der Waals surface area contributed by atoms with Crippen LogP contribution in [-0.2, 0) is 0 Å². The maximum absolute atomic E-state index is 12.7. The van der Waals surface area contributed by atoms with Gasteiger partial charge in [0.1, 0.15) is 5.75 Å². The Labute approximate surface area is 142 Å². The van der Waals surface area contributed by atoms with Crippen molar-refractivity contribution in [3.63, 3.8) is 0 Å². The Bertz CT molecular complexity index is 1100. The van der Waals surface area contributed by atoms with Crippen molar-refractivity contribution in [2.24, 2.45) is 4.99 Å². The highest BCUT2D eigenvalue weighted by molar-refractivity contribution is 5.83. The van der Waals surface area contributed by atoms with E-state index in [1.165, 1.54) is 10.9 Å². The van der Waals surface area contributed by atoms with Crippen molar-refractivity contribution in [3.8, 4) is 11.7 Å². The second-order valence-corrected chi connectivity index (χ2v) is 5.64. The van der Waals surface area contributed by atoms with Gasteiger partial charge in [-0.1, -0.05) is 12.1 Å². The lowest BCUT2D eigenvalue weighted by atomic mass is 10.2. The van der Waals surface area contributed by atoms with Gasteiger partial charge < -0.3 is 10.1 Å². The van der Waals surface area contributed by atoms with Gasteiger partial charge in [-0.25, -0.2) is 4.98 Å². The molecule has 4 rings (SSSR count). The first kappa shape index (κ1) is 14.9. The number of aromatic hydroxyl groups is 1. The second-order valence-electron chi connectivity index (χ2n) is 5.64. The molecular weight excluding hydrogens is 318 g/mol. The van der Waals surface area contributed by atoms with Crippen molar-refractivity contribution in [2.75, 3.05) is 0 Å². The smallest absolute Gasteiger partial charge is 0.282 e. The molecule has 25 heavy (non-hydrogen) atoms. The molecule has 0 saturated heterocycles. The zero-order valence-electron chi connectivity index (χ0n) is 13.4. The lowest BCUT2D eigenvalue weighted by Gasteiger charge is -1.93. The average molecular weight is 333 g/mol. The molecule has 124 valence electrons. The third kappa shape index (κ3) is 2.72. The summed E-state index contributed by atoms with van der Waals surface area (Å²) in [5.74, 6) is 0.600. The van der Waals surface area contributed by atoms with Gasteiger partial charge in [-0.2, -0.15) is 4.68 Å². The number of rotatable bonds is 3. The monoisotopic (exact) mass is 333 g/mol. The number of aromatic amines is 2. The van der Waals surface area contributed by atoms with Gasteiger partial charge in [-0.15, -0.1) is 0 Å². The zero-order valence-corrected chi connectivity index (χ0v) is 13.4. The molecule has 0 aliphatic carbocycles.